The van der Waals surface area contributed by atoms with Crippen LogP contribution in [-0.4, -0.2) is 48.1 Å². The van der Waals surface area contributed by atoms with Gasteiger partial charge in [-0.15, -0.1) is 0 Å². The smallest absolute Gasteiger partial charge is 0.151 e. The van der Waals surface area contributed by atoms with Crippen LogP contribution in [-0.2, 0) is 11.3 Å². The number of aliphatic hydroxyl groups is 1. The lowest BCUT2D eigenvalue weighted by Crippen LogP contribution is -2.42. The molecule has 1 N–H and O–H groups in total. The Balaban J connectivity index is 1.46. The van der Waals surface area contributed by atoms with Gasteiger partial charge in [-0.2, -0.15) is 0 Å². The Morgan fingerprint density at radius 2 is 2.17 bits per heavy atom. The largest absolute Gasteiger partial charge is 0.396 e. The molecule has 1 aromatic carbocycles. The monoisotopic (exact) mass is 328 g/mol. The molecule has 0 radical (unpaired) electrons. The first-order valence-electron chi connectivity index (χ1n) is 8.62. The summed E-state index contributed by atoms with van der Waals surface area (Å²) in [6, 6.07) is 10.3. The van der Waals surface area contributed by atoms with Gasteiger partial charge < -0.3 is 14.4 Å². The van der Waals surface area contributed by atoms with E-state index in [-0.39, 0.29) is 12.0 Å². The van der Waals surface area contributed by atoms with Gasteiger partial charge >= 0.3 is 0 Å². The number of likely N-dealkylation sites (tertiary alicyclic amines) is 1. The van der Waals surface area contributed by atoms with Crippen molar-refractivity contribution >= 4 is 0 Å². The topological polar surface area (TPSA) is 58.7 Å². The standard InChI is InChI=1S/C19H24N2O3/c1-14-2-4-15(5-3-14)18-8-17(24-20-18)10-21-9-16-6-7-23-13-19(16,11-21)12-22/h2-5,8,16,22H,6-7,9-13H2,1H3/t16-,19+/m0/s1. The number of aryl methyl sites for hydroxylation is 1. The average molecular weight is 328 g/mol. The molecule has 0 aliphatic carbocycles. The van der Waals surface area contributed by atoms with Crippen molar-refractivity contribution in [2.45, 2.75) is 19.9 Å². The normalized spacial score (nSPS) is 27.3. The Morgan fingerprint density at radius 1 is 1.33 bits per heavy atom. The third-order valence-corrected chi connectivity index (χ3v) is 5.48. The number of ether oxygens (including phenoxy) is 1. The molecule has 0 unspecified atom stereocenters. The van der Waals surface area contributed by atoms with E-state index >= 15 is 0 Å². The highest BCUT2D eigenvalue weighted by molar-refractivity contribution is 5.59. The predicted octanol–water partition coefficient (Wildman–Crippen LogP) is 2.48. The summed E-state index contributed by atoms with van der Waals surface area (Å²) in [7, 11) is 0. The highest BCUT2D eigenvalue weighted by Crippen LogP contribution is 2.41. The second kappa shape index (κ2) is 6.31. The zero-order chi connectivity index (χ0) is 16.6. The molecule has 128 valence electrons. The minimum Gasteiger partial charge on any atom is -0.396 e. The van der Waals surface area contributed by atoms with Gasteiger partial charge in [0.25, 0.3) is 0 Å². The van der Waals surface area contributed by atoms with Crippen molar-refractivity contribution in [2.75, 3.05) is 32.9 Å². The molecule has 2 fully saturated rings. The van der Waals surface area contributed by atoms with Crippen molar-refractivity contribution in [3.05, 3.63) is 41.7 Å². The summed E-state index contributed by atoms with van der Waals surface area (Å²) < 4.78 is 11.2. The third-order valence-electron chi connectivity index (χ3n) is 5.48. The fourth-order valence-electron chi connectivity index (χ4n) is 4.02. The van der Waals surface area contributed by atoms with Crippen LogP contribution in [0.15, 0.2) is 34.9 Å². The number of rotatable bonds is 4. The zero-order valence-corrected chi connectivity index (χ0v) is 14.1. The minimum absolute atomic E-state index is 0.0991. The Morgan fingerprint density at radius 3 is 2.92 bits per heavy atom. The van der Waals surface area contributed by atoms with E-state index in [4.69, 9.17) is 9.26 Å². The van der Waals surface area contributed by atoms with Gasteiger partial charge in [-0.1, -0.05) is 35.0 Å². The molecule has 5 heteroatoms. The molecule has 0 amide bonds. The molecule has 0 saturated carbocycles. The van der Waals surface area contributed by atoms with Gasteiger partial charge in [-0.05, 0) is 19.3 Å². The van der Waals surface area contributed by atoms with Gasteiger partial charge in [0.05, 0.1) is 19.8 Å². The molecule has 3 heterocycles. The number of benzene rings is 1. The molecule has 0 bridgehead atoms. The molecule has 0 spiro atoms. The fraction of sp³-hybridized carbons (Fsp3) is 0.526. The summed E-state index contributed by atoms with van der Waals surface area (Å²) in [6.07, 6.45) is 1.03. The lowest BCUT2D eigenvalue weighted by molar-refractivity contribution is -0.0562. The number of aromatic nitrogens is 1. The maximum absolute atomic E-state index is 9.87. The van der Waals surface area contributed by atoms with Crippen molar-refractivity contribution < 1.29 is 14.4 Å². The maximum Gasteiger partial charge on any atom is 0.151 e. The molecule has 2 atom stereocenters. The van der Waals surface area contributed by atoms with Crippen LogP contribution in [0.2, 0.25) is 0 Å². The minimum atomic E-state index is -0.0991. The van der Waals surface area contributed by atoms with Crippen molar-refractivity contribution in [3.8, 4) is 11.3 Å². The van der Waals surface area contributed by atoms with Crippen LogP contribution in [0.1, 0.15) is 17.7 Å². The summed E-state index contributed by atoms with van der Waals surface area (Å²) in [4.78, 5) is 2.36. The van der Waals surface area contributed by atoms with Crippen LogP contribution in [0, 0.1) is 18.3 Å². The quantitative estimate of drug-likeness (QED) is 0.934. The van der Waals surface area contributed by atoms with E-state index in [1.807, 2.05) is 6.07 Å². The zero-order valence-electron chi connectivity index (χ0n) is 14.1. The Labute approximate surface area is 142 Å². The van der Waals surface area contributed by atoms with Crippen LogP contribution < -0.4 is 0 Å². The van der Waals surface area contributed by atoms with E-state index in [0.29, 0.717) is 12.5 Å². The van der Waals surface area contributed by atoms with Gasteiger partial charge in [0.2, 0.25) is 0 Å². The third kappa shape index (κ3) is 2.88. The first-order chi connectivity index (χ1) is 11.7. The maximum atomic E-state index is 9.87. The summed E-state index contributed by atoms with van der Waals surface area (Å²) >= 11 is 0. The van der Waals surface area contributed by atoms with Crippen LogP contribution in [0.5, 0.6) is 0 Å². The van der Waals surface area contributed by atoms with E-state index in [9.17, 15) is 5.11 Å². The van der Waals surface area contributed by atoms with Crippen LogP contribution >= 0.6 is 0 Å². The van der Waals surface area contributed by atoms with Gasteiger partial charge in [-0.25, -0.2) is 0 Å². The second-order valence-electron chi connectivity index (χ2n) is 7.27. The van der Waals surface area contributed by atoms with Crippen molar-refractivity contribution in [1.82, 2.24) is 10.1 Å². The molecule has 2 aliphatic heterocycles. The van der Waals surface area contributed by atoms with Gasteiger partial charge in [0.15, 0.2) is 5.76 Å². The predicted molar refractivity (Wildman–Crippen MR) is 90.4 cm³/mol. The molecule has 24 heavy (non-hydrogen) atoms. The van der Waals surface area contributed by atoms with Crippen molar-refractivity contribution in [3.63, 3.8) is 0 Å². The average Bonchev–Trinajstić information content (AvgIpc) is 3.20. The first-order valence-corrected chi connectivity index (χ1v) is 8.62. The lowest BCUT2D eigenvalue weighted by Gasteiger charge is -2.36. The van der Waals surface area contributed by atoms with Crippen LogP contribution in [0.3, 0.4) is 0 Å². The highest BCUT2D eigenvalue weighted by Gasteiger charge is 2.48. The van der Waals surface area contributed by atoms with E-state index in [2.05, 4.69) is 41.2 Å². The Kier molecular flexibility index (Phi) is 4.16. The van der Waals surface area contributed by atoms with E-state index in [1.165, 1.54) is 5.56 Å². The van der Waals surface area contributed by atoms with E-state index in [0.717, 1.165) is 49.7 Å². The molecule has 5 nitrogen and oxygen atoms in total. The lowest BCUT2D eigenvalue weighted by atomic mass is 9.76. The van der Waals surface area contributed by atoms with Gasteiger partial charge in [0.1, 0.15) is 5.69 Å². The number of aliphatic hydroxyl groups excluding tert-OH is 1. The van der Waals surface area contributed by atoms with E-state index in [1.54, 1.807) is 0 Å². The molecule has 2 aromatic rings. The van der Waals surface area contributed by atoms with Gasteiger partial charge in [-0.3, -0.25) is 4.90 Å². The molecule has 1 aromatic heterocycles. The van der Waals surface area contributed by atoms with Crippen molar-refractivity contribution in [1.29, 1.82) is 0 Å². The number of nitrogens with zero attached hydrogens (tertiary/aromatic N) is 2. The molecular weight excluding hydrogens is 304 g/mol. The summed E-state index contributed by atoms with van der Waals surface area (Å²) in [5, 5.41) is 14.1. The summed E-state index contributed by atoms with van der Waals surface area (Å²) in [5.41, 5.74) is 3.09. The fourth-order valence-corrected chi connectivity index (χ4v) is 4.02. The summed E-state index contributed by atoms with van der Waals surface area (Å²) in [5.74, 6) is 1.38. The molecular formula is C19H24N2O3. The first kappa shape index (κ1) is 15.8. The second-order valence-corrected chi connectivity index (χ2v) is 7.27. The van der Waals surface area contributed by atoms with Gasteiger partial charge in [0, 0.05) is 36.7 Å². The Hall–Kier alpha value is -1.69. The van der Waals surface area contributed by atoms with Crippen LogP contribution in [0.25, 0.3) is 11.3 Å². The molecule has 2 saturated heterocycles. The van der Waals surface area contributed by atoms with E-state index < -0.39 is 0 Å². The molecule has 4 rings (SSSR count). The Bertz CT molecular complexity index is 697. The summed E-state index contributed by atoms with van der Waals surface area (Å²) in [6.45, 7) is 6.32. The SMILES string of the molecule is Cc1ccc(-c2cc(CN3C[C@@H]4CCOC[C@]4(CO)C3)on2)cc1. The van der Waals surface area contributed by atoms with Crippen molar-refractivity contribution in [2.24, 2.45) is 11.3 Å². The number of hydrogen-bond donors (Lipinski definition) is 1. The number of hydrogen-bond acceptors (Lipinski definition) is 5. The number of fused-ring (bicyclic) bond motifs is 1. The molecule has 2 aliphatic rings. The van der Waals surface area contributed by atoms with Crippen LogP contribution in [0.4, 0.5) is 0 Å². The highest BCUT2D eigenvalue weighted by atomic mass is 16.5.